The molecule has 10 heteroatoms. The SMILES string of the molecule is CN(C)CCOc1ccccc1C(=O)Nc1ccc(C(=O)N2CCCCc3cc(Cl)ccc32)cn1.Cl.Cl. The van der Waals surface area contributed by atoms with Gasteiger partial charge < -0.3 is 19.9 Å². The minimum absolute atomic E-state index is 0. The second-order valence-electron chi connectivity index (χ2n) is 8.72. The lowest BCUT2D eigenvalue weighted by Crippen LogP contribution is -2.31. The molecule has 0 bridgehead atoms. The average Bonchev–Trinajstić information content (AvgIpc) is 3.06. The lowest BCUT2D eigenvalue weighted by Gasteiger charge is -2.23. The Hall–Kier alpha value is -2.84. The molecule has 198 valence electrons. The molecule has 2 heterocycles. The molecule has 0 radical (unpaired) electrons. The number of nitrogens with zero attached hydrogens (tertiary/aromatic N) is 3. The van der Waals surface area contributed by atoms with Crippen LogP contribution in [0.4, 0.5) is 11.5 Å². The van der Waals surface area contributed by atoms with E-state index in [4.69, 9.17) is 16.3 Å². The van der Waals surface area contributed by atoms with E-state index in [1.54, 1.807) is 35.2 Å². The molecule has 0 fully saturated rings. The first-order valence-electron chi connectivity index (χ1n) is 11.7. The number of ether oxygens (including phenoxy) is 1. The van der Waals surface area contributed by atoms with Crippen LogP contribution in [0.2, 0.25) is 5.02 Å². The number of amides is 2. The second-order valence-corrected chi connectivity index (χ2v) is 9.16. The van der Waals surface area contributed by atoms with Gasteiger partial charge in [-0.2, -0.15) is 0 Å². The van der Waals surface area contributed by atoms with Crippen LogP contribution in [0.5, 0.6) is 5.75 Å². The molecule has 1 aliphatic rings. The van der Waals surface area contributed by atoms with Crippen LogP contribution in [0.25, 0.3) is 0 Å². The number of nitrogens with one attached hydrogen (secondary N) is 1. The number of aromatic nitrogens is 1. The third-order valence-corrected chi connectivity index (χ3v) is 6.07. The van der Waals surface area contributed by atoms with E-state index in [9.17, 15) is 9.59 Å². The number of benzene rings is 2. The van der Waals surface area contributed by atoms with Crippen molar-refractivity contribution in [2.24, 2.45) is 0 Å². The molecule has 7 nitrogen and oxygen atoms in total. The lowest BCUT2D eigenvalue weighted by molar-refractivity contribution is 0.0985. The van der Waals surface area contributed by atoms with Crippen LogP contribution in [0.1, 0.15) is 39.1 Å². The number of fused-ring (bicyclic) bond motifs is 1. The summed E-state index contributed by atoms with van der Waals surface area (Å²) in [5.74, 6) is 0.423. The zero-order valence-corrected chi connectivity index (χ0v) is 23.2. The first-order valence-corrected chi connectivity index (χ1v) is 12.0. The highest BCUT2D eigenvalue weighted by Gasteiger charge is 2.23. The maximum Gasteiger partial charge on any atom is 0.260 e. The fourth-order valence-corrected chi connectivity index (χ4v) is 4.18. The van der Waals surface area contributed by atoms with E-state index >= 15 is 0 Å². The maximum absolute atomic E-state index is 13.3. The summed E-state index contributed by atoms with van der Waals surface area (Å²) in [5.41, 5.74) is 2.85. The zero-order valence-electron chi connectivity index (χ0n) is 20.8. The summed E-state index contributed by atoms with van der Waals surface area (Å²) in [6.45, 7) is 1.84. The number of anilines is 2. The zero-order chi connectivity index (χ0) is 24.8. The van der Waals surface area contributed by atoms with Gasteiger partial charge in [-0.25, -0.2) is 4.98 Å². The van der Waals surface area contributed by atoms with Crippen LogP contribution in [0.15, 0.2) is 60.8 Å². The Bertz CT molecular complexity index is 1210. The van der Waals surface area contributed by atoms with Crippen molar-refractivity contribution < 1.29 is 14.3 Å². The van der Waals surface area contributed by atoms with Gasteiger partial charge in [-0.3, -0.25) is 9.59 Å². The Morgan fingerprint density at radius 2 is 1.86 bits per heavy atom. The molecule has 3 aromatic rings. The number of pyridine rings is 1. The molecule has 0 unspecified atom stereocenters. The van der Waals surface area contributed by atoms with Gasteiger partial charge in [0.2, 0.25) is 0 Å². The van der Waals surface area contributed by atoms with Gasteiger partial charge in [0, 0.05) is 30.0 Å². The molecule has 1 aliphatic heterocycles. The molecule has 0 spiro atoms. The molecule has 37 heavy (non-hydrogen) atoms. The number of aryl methyl sites for hydroxylation is 1. The molecule has 0 aliphatic carbocycles. The van der Waals surface area contributed by atoms with Gasteiger partial charge in [0.1, 0.15) is 18.2 Å². The Morgan fingerprint density at radius 1 is 1.08 bits per heavy atom. The summed E-state index contributed by atoms with van der Waals surface area (Å²) in [7, 11) is 3.92. The fraction of sp³-hybridized carbons (Fsp3) is 0.296. The first kappa shape index (κ1) is 30.4. The first-order chi connectivity index (χ1) is 16.9. The Labute approximate surface area is 235 Å². The number of carbonyl (C=O) groups is 2. The van der Waals surface area contributed by atoms with Crippen LogP contribution in [-0.2, 0) is 6.42 Å². The van der Waals surface area contributed by atoms with Crippen LogP contribution in [0, 0.1) is 0 Å². The minimum Gasteiger partial charge on any atom is -0.491 e. The highest BCUT2D eigenvalue weighted by atomic mass is 35.5. The number of carbonyl (C=O) groups excluding carboxylic acids is 2. The van der Waals surface area contributed by atoms with Crippen molar-refractivity contribution >= 4 is 59.7 Å². The van der Waals surface area contributed by atoms with Gasteiger partial charge in [0.15, 0.2) is 0 Å². The number of halogens is 3. The number of likely N-dealkylation sites (N-methyl/N-ethyl adjacent to an activating group) is 1. The standard InChI is InChI=1S/C27H29ClN4O3.2ClH/c1-31(2)15-16-35-24-9-4-3-8-22(24)26(33)30-25-13-10-20(18-29-25)27(34)32-14-6-5-7-19-17-21(28)11-12-23(19)32;;/h3-4,8-13,17-18H,5-7,14-16H2,1-2H3,(H,29,30,33);2*1H. The summed E-state index contributed by atoms with van der Waals surface area (Å²) >= 11 is 6.17. The molecular formula is C27H31Cl3N4O3. The quantitative estimate of drug-likeness (QED) is 0.395. The Morgan fingerprint density at radius 3 is 2.59 bits per heavy atom. The molecule has 1 aromatic heterocycles. The van der Waals surface area contributed by atoms with Crippen LogP contribution < -0.4 is 15.0 Å². The third kappa shape index (κ3) is 7.82. The van der Waals surface area contributed by atoms with E-state index in [0.29, 0.717) is 40.9 Å². The van der Waals surface area contributed by atoms with E-state index in [2.05, 4.69) is 10.3 Å². The Balaban J connectivity index is 0.00000241. The smallest absolute Gasteiger partial charge is 0.260 e. The third-order valence-electron chi connectivity index (χ3n) is 5.84. The number of para-hydroxylation sites is 1. The number of hydrogen-bond acceptors (Lipinski definition) is 5. The Kier molecular flexibility index (Phi) is 11.7. The van der Waals surface area contributed by atoms with Crippen molar-refractivity contribution in [3.63, 3.8) is 0 Å². The summed E-state index contributed by atoms with van der Waals surface area (Å²) in [6, 6.07) is 16.1. The van der Waals surface area contributed by atoms with Gasteiger partial charge in [-0.05, 0) is 81.4 Å². The van der Waals surface area contributed by atoms with Crippen LogP contribution >= 0.6 is 36.4 Å². The summed E-state index contributed by atoms with van der Waals surface area (Å²) in [6.07, 6.45) is 4.30. The molecule has 2 amide bonds. The minimum atomic E-state index is -0.324. The van der Waals surface area contributed by atoms with E-state index in [1.807, 2.05) is 43.3 Å². The molecule has 0 saturated carbocycles. The second kappa shape index (κ2) is 14.2. The predicted octanol–water partition coefficient (Wildman–Crippen LogP) is 5.75. The van der Waals surface area contributed by atoms with E-state index < -0.39 is 0 Å². The highest BCUT2D eigenvalue weighted by molar-refractivity contribution is 6.30. The van der Waals surface area contributed by atoms with Gasteiger partial charge in [0.25, 0.3) is 11.8 Å². The van der Waals surface area contributed by atoms with Crippen molar-refractivity contribution in [3.05, 3.63) is 82.5 Å². The van der Waals surface area contributed by atoms with Gasteiger partial charge in [0.05, 0.1) is 11.1 Å². The average molecular weight is 566 g/mol. The van der Waals surface area contributed by atoms with Gasteiger partial charge >= 0.3 is 0 Å². The molecular weight excluding hydrogens is 535 g/mol. The number of hydrogen-bond donors (Lipinski definition) is 1. The van der Waals surface area contributed by atoms with Crippen LogP contribution in [0.3, 0.4) is 0 Å². The largest absolute Gasteiger partial charge is 0.491 e. The molecule has 0 saturated heterocycles. The van der Waals surface area contributed by atoms with Crippen molar-refractivity contribution in [2.45, 2.75) is 19.3 Å². The van der Waals surface area contributed by atoms with Crippen LogP contribution in [-0.4, -0.2) is 55.5 Å². The molecule has 4 rings (SSSR count). The van der Waals surface area contributed by atoms with E-state index in [0.717, 1.165) is 37.1 Å². The summed E-state index contributed by atoms with van der Waals surface area (Å²) in [4.78, 5) is 34.3. The normalized spacial score (nSPS) is 12.5. The fourth-order valence-electron chi connectivity index (χ4n) is 3.99. The highest BCUT2D eigenvalue weighted by Crippen LogP contribution is 2.30. The molecule has 2 aromatic carbocycles. The maximum atomic E-state index is 13.3. The van der Waals surface area contributed by atoms with Gasteiger partial charge in [-0.15, -0.1) is 24.8 Å². The topological polar surface area (TPSA) is 74.8 Å². The summed E-state index contributed by atoms with van der Waals surface area (Å²) < 4.78 is 5.79. The monoisotopic (exact) mass is 564 g/mol. The van der Waals surface area contributed by atoms with E-state index in [1.165, 1.54) is 6.20 Å². The molecule has 1 N–H and O–H groups in total. The summed E-state index contributed by atoms with van der Waals surface area (Å²) in [5, 5.41) is 3.47. The van der Waals surface area contributed by atoms with Crippen molar-refractivity contribution in [2.75, 3.05) is 44.0 Å². The lowest BCUT2D eigenvalue weighted by atomic mass is 10.1. The van der Waals surface area contributed by atoms with Crippen molar-refractivity contribution in [3.8, 4) is 5.75 Å². The predicted molar refractivity (Wildman–Crippen MR) is 153 cm³/mol. The van der Waals surface area contributed by atoms with E-state index in [-0.39, 0.29) is 36.6 Å². The van der Waals surface area contributed by atoms with Crippen molar-refractivity contribution in [1.82, 2.24) is 9.88 Å². The number of rotatable bonds is 7. The van der Waals surface area contributed by atoms with Gasteiger partial charge in [-0.1, -0.05) is 23.7 Å². The van der Waals surface area contributed by atoms with Crippen molar-refractivity contribution in [1.29, 1.82) is 0 Å². The molecule has 0 atom stereocenters.